The molecule has 1 aromatic carbocycles. The fraction of sp³-hybridized carbons (Fsp3) is 0.250. The molecule has 0 bridgehead atoms. The molecule has 9 nitrogen and oxygen atoms in total. The SMILES string of the molecule is C=CCn1c(=O)c2cnc(Nc3ccc4c(c3)CNCC4)nc2n1-c1ccnc(P(C)(C)=O)c1. The van der Waals surface area contributed by atoms with E-state index in [1.54, 1.807) is 42.4 Å². The van der Waals surface area contributed by atoms with Gasteiger partial charge in [0.15, 0.2) is 5.65 Å². The molecule has 0 radical (unpaired) electrons. The fourth-order valence-electron chi connectivity index (χ4n) is 4.16. The molecule has 2 N–H and O–H groups in total. The van der Waals surface area contributed by atoms with Gasteiger partial charge >= 0.3 is 0 Å². The van der Waals surface area contributed by atoms with E-state index in [-0.39, 0.29) is 12.1 Å². The zero-order chi connectivity index (χ0) is 23.9. The fourth-order valence-corrected chi connectivity index (χ4v) is 4.95. The molecule has 0 unspecified atom stereocenters. The quantitative estimate of drug-likeness (QED) is 0.326. The van der Waals surface area contributed by atoms with Crippen LogP contribution in [0.2, 0.25) is 0 Å². The minimum Gasteiger partial charge on any atom is -0.324 e. The number of nitrogens with zero attached hydrogens (tertiary/aromatic N) is 5. The van der Waals surface area contributed by atoms with Gasteiger partial charge in [-0.25, -0.2) is 14.3 Å². The Morgan fingerprint density at radius 1 is 1.21 bits per heavy atom. The van der Waals surface area contributed by atoms with Crippen molar-refractivity contribution in [3.05, 3.63) is 76.9 Å². The van der Waals surface area contributed by atoms with Crippen molar-refractivity contribution in [2.75, 3.05) is 25.2 Å². The highest BCUT2D eigenvalue weighted by Gasteiger charge is 2.20. The van der Waals surface area contributed by atoms with Crippen LogP contribution >= 0.6 is 7.14 Å². The van der Waals surface area contributed by atoms with Gasteiger partial charge < -0.3 is 15.2 Å². The average Bonchev–Trinajstić information content (AvgIpc) is 3.10. The Bertz CT molecular complexity index is 1520. The van der Waals surface area contributed by atoms with Crippen LogP contribution in [0.1, 0.15) is 11.1 Å². The van der Waals surface area contributed by atoms with Gasteiger partial charge in [0, 0.05) is 24.6 Å². The summed E-state index contributed by atoms with van der Waals surface area (Å²) in [7, 11) is -2.60. The summed E-state index contributed by atoms with van der Waals surface area (Å²) in [5.74, 6) is 0.381. The molecule has 174 valence electrons. The van der Waals surface area contributed by atoms with E-state index in [9.17, 15) is 9.36 Å². The number of allylic oxidation sites excluding steroid dienone is 1. The first-order valence-corrected chi connectivity index (χ1v) is 13.7. The number of nitrogens with one attached hydrogen (secondary N) is 2. The van der Waals surface area contributed by atoms with E-state index in [0.29, 0.717) is 28.1 Å². The molecule has 0 spiro atoms. The number of hydrogen-bond donors (Lipinski definition) is 2. The zero-order valence-corrected chi connectivity index (χ0v) is 20.0. The molecule has 10 heteroatoms. The van der Waals surface area contributed by atoms with Crippen LogP contribution in [-0.2, 0) is 24.1 Å². The lowest BCUT2D eigenvalue weighted by Crippen LogP contribution is -2.23. The highest BCUT2D eigenvalue weighted by Crippen LogP contribution is 2.34. The molecule has 34 heavy (non-hydrogen) atoms. The molecule has 1 aliphatic rings. The minimum atomic E-state index is -2.60. The number of rotatable bonds is 6. The molecule has 0 saturated heterocycles. The maximum atomic E-state index is 13.1. The van der Waals surface area contributed by atoms with Crippen molar-refractivity contribution in [1.82, 2.24) is 29.6 Å². The van der Waals surface area contributed by atoms with Gasteiger partial charge in [-0.15, -0.1) is 6.58 Å². The lowest BCUT2D eigenvalue weighted by atomic mass is 10.0. The zero-order valence-electron chi connectivity index (χ0n) is 19.2. The number of pyridine rings is 1. The molecule has 1 aliphatic heterocycles. The first kappa shape index (κ1) is 22.3. The van der Waals surface area contributed by atoms with Crippen molar-refractivity contribution in [2.45, 2.75) is 19.5 Å². The van der Waals surface area contributed by atoms with Crippen LogP contribution in [0, 0.1) is 0 Å². The van der Waals surface area contributed by atoms with Crippen molar-refractivity contribution >= 4 is 35.2 Å². The number of benzene rings is 1. The summed E-state index contributed by atoms with van der Waals surface area (Å²) in [4.78, 5) is 26.5. The number of aromatic nitrogens is 5. The Balaban J connectivity index is 1.63. The summed E-state index contributed by atoms with van der Waals surface area (Å²) < 4.78 is 15.9. The third kappa shape index (κ3) is 4.08. The second-order valence-electron chi connectivity index (χ2n) is 8.68. The third-order valence-corrected chi connectivity index (χ3v) is 7.20. The van der Waals surface area contributed by atoms with Crippen LogP contribution in [0.3, 0.4) is 0 Å². The monoisotopic (exact) mass is 475 g/mol. The number of anilines is 2. The maximum Gasteiger partial charge on any atom is 0.278 e. The van der Waals surface area contributed by atoms with E-state index in [4.69, 9.17) is 4.98 Å². The van der Waals surface area contributed by atoms with Gasteiger partial charge in [0.05, 0.1) is 12.2 Å². The predicted molar refractivity (Wildman–Crippen MR) is 135 cm³/mol. The Labute approximate surface area is 196 Å². The highest BCUT2D eigenvalue weighted by molar-refractivity contribution is 7.69. The molecule has 4 aromatic rings. The Morgan fingerprint density at radius 2 is 2.06 bits per heavy atom. The lowest BCUT2D eigenvalue weighted by molar-refractivity contribution is 0.587. The van der Waals surface area contributed by atoms with Crippen LogP contribution in [0.4, 0.5) is 11.6 Å². The molecule has 0 saturated carbocycles. The van der Waals surface area contributed by atoms with Crippen LogP contribution in [-0.4, -0.2) is 44.2 Å². The molecule has 0 amide bonds. The summed E-state index contributed by atoms with van der Waals surface area (Å²) in [6.07, 6.45) is 5.80. The first-order chi connectivity index (χ1) is 16.3. The molecule has 5 rings (SSSR count). The van der Waals surface area contributed by atoms with Gasteiger partial charge in [-0.05, 0) is 61.7 Å². The molecule has 0 atom stereocenters. The molecule has 3 aromatic heterocycles. The van der Waals surface area contributed by atoms with Gasteiger partial charge in [-0.1, -0.05) is 12.1 Å². The van der Waals surface area contributed by atoms with Crippen molar-refractivity contribution in [3.63, 3.8) is 0 Å². The van der Waals surface area contributed by atoms with E-state index in [1.165, 1.54) is 22.0 Å². The van der Waals surface area contributed by atoms with E-state index < -0.39 is 7.14 Å². The van der Waals surface area contributed by atoms with E-state index in [2.05, 4.69) is 39.3 Å². The topological polar surface area (TPSA) is 107 Å². The summed E-state index contributed by atoms with van der Waals surface area (Å²) in [5.41, 5.74) is 4.82. The highest BCUT2D eigenvalue weighted by atomic mass is 31.2. The minimum absolute atomic E-state index is 0.226. The van der Waals surface area contributed by atoms with Gasteiger partial charge in [-0.2, -0.15) is 4.98 Å². The molecular weight excluding hydrogens is 449 g/mol. The molecule has 0 fully saturated rings. The van der Waals surface area contributed by atoms with Crippen LogP contribution in [0.15, 0.2) is 60.2 Å². The van der Waals surface area contributed by atoms with Crippen molar-refractivity contribution < 1.29 is 4.57 Å². The largest absolute Gasteiger partial charge is 0.324 e. The van der Waals surface area contributed by atoms with Crippen molar-refractivity contribution in [3.8, 4) is 5.69 Å². The smallest absolute Gasteiger partial charge is 0.278 e. The Hall–Kier alpha value is -3.55. The summed E-state index contributed by atoms with van der Waals surface area (Å²) in [5, 5.41) is 7.04. The predicted octanol–water partition coefficient (Wildman–Crippen LogP) is 2.80. The van der Waals surface area contributed by atoms with E-state index in [0.717, 1.165) is 25.2 Å². The van der Waals surface area contributed by atoms with E-state index in [1.807, 2.05) is 6.07 Å². The van der Waals surface area contributed by atoms with Gasteiger partial charge in [0.2, 0.25) is 5.95 Å². The average molecular weight is 475 g/mol. The van der Waals surface area contributed by atoms with Gasteiger partial charge in [0.1, 0.15) is 18.0 Å². The van der Waals surface area contributed by atoms with E-state index >= 15 is 0 Å². The lowest BCUT2D eigenvalue weighted by Gasteiger charge is -2.18. The summed E-state index contributed by atoms with van der Waals surface area (Å²) in [6, 6.07) is 9.75. The molecule has 0 aliphatic carbocycles. The normalized spacial score (nSPS) is 13.6. The standard InChI is InChI=1S/C24H26N7O2P/c1-4-11-30-23(32)20-15-27-24(28-18-6-5-16-7-9-25-14-17(16)12-18)29-22(20)31(30)19-8-10-26-21(13-19)34(2,3)33/h4-6,8,10,12-13,15,25H,1,7,9,11,14H2,2-3H3,(H,27,28,29). The van der Waals surface area contributed by atoms with Gasteiger partial charge in [0.25, 0.3) is 5.56 Å². The number of hydrogen-bond acceptors (Lipinski definition) is 7. The van der Waals surface area contributed by atoms with Crippen LogP contribution in [0.5, 0.6) is 0 Å². The summed E-state index contributed by atoms with van der Waals surface area (Å²) in [6.45, 7) is 9.22. The third-order valence-electron chi connectivity index (χ3n) is 5.85. The van der Waals surface area contributed by atoms with Crippen LogP contribution < -0.4 is 21.6 Å². The second kappa shape index (κ2) is 8.66. The van der Waals surface area contributed by atoms with Gasteiger partial charge in [-0.3, -0.25) is 9.78 Å². The molecular formula is C24H26N7O2P. The Kier molecular flexibility index (Phi) is 5.67. The molecule has 4 heterocycles. The van der Waals surface area contributed by atoms with Crippen LogP contribution in [0.25, 0.3) is 16.7 Å². The summed E-state index contributed by atoms with van der Waals surface area (Å²) >= 11 is 0. The second-order valence-corrected chi connectivity index (χ2v) is 11.8. The maximum absolute atomic E-state index is 13.1. The number of fused-ring (bicyclic) bond motifs is 2. The van der Waals surface area contributed by atoms with Crippen molar-refractivity contribution in [1.29, 1.82) is 0 Å². The first-order valence-electron chi connectivity index (χ1n) is 11.1. The van der Waals surface area contributed by atoms with Crippen molar-refractivity contribution in [2.24, 2.45) is 0 Å². The Morgan fingerprint density at radius 3 is 2.85 bits per heavy atom.